The number of rotatable bonds is 8. The molecule has 4 heterocycles. The van der Waals surface area contributed by atoms with Gasteiger partial charge in [-0.1, -0.05) is 13.3 Å². The van der Waals surface area contributed by atoms with Crippen LogP contribution in [0.25, 0.3) is 5.95 Å². The third-order valence-corrected chi connectivity index (χ3v) is 6.72. The SMILES string of the molecule is CCCc1cc(N2CCCCC2CC(=O)NC2CCN(C(=O)OCC)CC2)nc(-n2ccnc2)n1. The van der Waals surface area contributed by atoms with Crippen LogP contribution >= 0.6 is 0 Å². The molecule has 1 N–H and O–H groups in total. The third-order valence-electron chi connectivity index (χ3n) is 6.72. The zero-order valence-electron chi connectivity index (χ0n) is 20.9. The number of nitrogens with zero attached hydrogens (tertiary/aromatic N) is 6. The van der Waals surface area contributed by atoms with E-state index in [0.29, 0.717) is 32.1 Å². The second-order valence-electron chi connectivity index (χ2n) is 9.31. The van der Waals surface area contributed by atoms with Crippen LogP contribution in [0.5, 0.6) is 0 Å². The van der Waals surface area contributed by atoms with Gasteiger partial charge in [-0.3, -0.25) is 9.36 Å². The minimum absolute atomic E-state index is 0.0640. The Bertz CT molecular complexity index is 973. The van der Waals surface area contributed by atoms with Gasteiger partial charge in [-0.2, -0.15) is 4.98 Å². The first-order chi connectivity index (χ1) is 17.1. The summed E-state index contributed by atoms with van der Waals surface area (Å²) in [6, 6.07) is 2.27. The van der Waals surface area contributed by atoms with Crippen molar-refractivity contribution in [3.8, 4) is 5.95 Å². The number of aryl methyl sites for hydroxylation is 1. The fourth-order valence-electron chi connectivity index (χ4n) is 4.93. The van der Waals surface area contributed by atoms with Crippen molar-refractivity contribution in [3.63, 3.8) is 0 Å². The Morgan fingerprint density at radius 2 is 1.94 bits per heavy atom. The summed E-state index contributed by atoms with van der Waals surface area (Å²) < 4.78 is 6.92. The second-order valence-corrected chi connectivity index (χ2v) is 9.31. The van der Waals surface area contributed by atoms with Gasteiger partial charge in [0.15, 0.2) is 0 Å². The summed E-state index contributed by atoms with van der Waals surface area (Å²) in [6.07, 6.45) is 12.0. The monoisotopic (exact) mass is 483 g/mol. The van der Waals surface area contributed by atoms with Crippen molar-refractivity contribution in [2.45, 2.75) is 77.3 Å². The summed E-state index contributed by atoms with van der Waals surface area (Å²) in [4.78, 5) is 42.6. The fraction of sp³-hybridized carbons (Fsp3) is 0.640. The van der Waals surface area contributed by atoms with Crippen LogP contribution < -0.4 is 10.2 Å². The number of aromatic nitrogens is 4. The molecule has 0 bridgehead atoms. The van der Waals surface area contributed by atoms with Crippen molar-refractivity contribution < 1.29 is 14.3 Å². The minimum Gasteiger partial charge on any atom is -0.450 e. The van der Waals surface area contributed by atoms with Crippen LogP contribution in [0.3, 0.4) is 0 Å². The summed E-state index contributed by atoms with van der Waals surface area (Å²) in [7, 11) is 0. The zero-order valence-corrected chi connectivity index (χ0v) is 20.9. The molecule has 190 valence electrons. The smallest absolute Gasteiger partial charge is 0.409 e. The normalized spacial score (nSPS) is 19.0. The molecule has 0 radical (unpaired) electrons. The van der Waals surface area contributed by atoms with E-state index < -0.39 is 0 Å². The first-order valence-corrected chi connectivity index (χ1v) is 12.9. The second kappa shape index (κ2) is 12.0. The number of amides is 2. The van der Waals surface area contributed by atoms with Crippen molar-refractivity contribution >= 4 is 17.8 Å². The summed E-state index contributed by atoms with van der Waals surface area (Å²) in [6.45, 7) is 6.42. The van der Waals surface area contributed by atoms with Crippen LogP contribution in [-0.4, -0.2) is 74.7 Å². The Morgan fingerprint density at radius 1 is 1.11 bits per heavy atom. The molecule has 10 nitrogen and oxygen atoms in total. The molecule has 2 aromatic heterocycles. The van der Waals surface area contributed by atoms with E-state index in [1.165, 1.54) is 0 Å². The number of likely N-dealkylation sites (tertiary alicyclic amines) is 1. The summed E-state index contributed by atoms with van der Waals surface area (Å²) in [5.74, 6) is 1.56. The van der Waals surface area contributed by atoms with Crippen LogP contribution in [0.2, 0.25) is 0 Å². The highest BCUT2D eigenvalue weighted by Gasteiger charge is 2.29. The molecule has 0 saturated carbocycles. The van der Waals surface area contributed by atoms with Gasteiger partial charge in [-0.25, -0.2) is 14.8 Å². The molecular weight excluding hydrogens is 446 g/mol. The number of hydrogen-bond acceptors (Lipinski definition) is 7. The van der Waals surface area contributed by atoms with Crippen molar-refractivity contribution in [3.05, 3.63) is 30.5 Å². The lowest BCUT2D eigenvalue weighted by Crippen LogP contribution is -2.49. The molecule has 2 aliphatic heterocycles. The number of carbonyl (C=O) groups excluding carboxylic acids is 2. The van der Waals surface area contributed by atoms with E-state index in [0.717, 1.165) is 63.0 Å². The van der Waals surface area contributed by atoms with Crippen molar-refractivity contribution in [2.75, 3.05) is 31.1 Å². The van der Waals surface area contributed by atoms with E-state index in [1.54, 1.807) is 17.4 Å². The van der Waals surface area contributed by atoms with Gasteiger partial charge in [0.25, 0.3) is 0 Å². The predicted molar refractivity (Wildman–Crippen MR) is 133 cm³/mol. The number of hydrogen-bond donors (Lipinski definition) is 1. The topological polar surface area (TPSA) is 105 Å². The molecule has 2 amide bonds. The lowest BCUT2D eigenvalue weighted by molar-refractivity contribution is -0.122. The summed E-state index contributed by atoms with van der Waals surface area (Å²) >= 11 is 0. The van der Waals surface area contributed by atoms with Gasteiger partial charge in [-0.15, -0.1) is 0 Å². The van der Waals surface area contributed by atoms with Crippen LogP contribution in [0.15, 0.2) is 24.8 Å². The average molecular weight is 484 g/mol. The van der Waals surface area contributed by atoms with Gasteiger partial charge in [0.2, 0.25) is 11.9 Å². The Balaban J connectivity index is 1.40. The Morgan fingerprint density at radius 3 is 2.66 bits per heavy atom. The highest BCUT2D eigenvalue weighted by atomic mass is 16.6. The Labute approximate surface area is 207 Å². The molecule has 35 heavy (non-hydrogen) atoms. The maximum absolute atomic E-state index is 13.0. The van der Waals surface area contributed by atoms with E-state index >= 15 is 0 Å². The van der Waals surface area contributed by atoms with Gasteiger partial charge in [0.05, 0.1) is 6.61 Å². The molecule has 2 aromatic rings. The highest BCUT2D eigenvalue weighted by Crippen LogP contribution is 2.27. The average Bonchev–Trinajstić information content (AvgIpc) is 3.40. The lowest BCUT2D eigenvalue weighted by atomic mass is 9.98. The third kappa shape index (κ3) is 6.49. The van der Waals surface area contributed by atoms with Gasteiger partial charge >= 0.3 is 6.09 Å². The van der Waals surface area contributed by atoms with E-state index in [2.05, 4.69) is 28.2 Å². The van der Waals surface area contributed by atoms with Crippen LogP contribution in [0.1, 0.15) is 64.5 Å². The molecule has 10 heteroatoms. The molecular formula is C25H37N7O3. The molecule has 2 fully saturated rings. The van der Waals surface area contributed by atoms with Crippen molar-refractivity contribution in [2.24, 2.45) is 0 Å². The predicted octanol–water partition coefficient (Wildman–Crippen LogP) is 3.10. The molecule has 0 spiro atoms. The van der Waals surface area contributed by atoms with Gasteiger partial charge in [0.1, 0.15) is 12.1 Å². The lowest BCUT2D eigenvalue weighted by Gasteiger charge is -2.37. The van der Waals surface area contributed by atoms with Crippen LogP contribution in [0, 0.1) is 0 Å². The molecule has 4 rings (SSSR count). The molecule has 2 aliphatic rings. The number of imidazole rings is 1. The first kappa shape index (κ1) is 24.9. The summed E-state index contributed by atoms with van der Waals surface area (Å²) in [5.41, 5.74) is 1.00. The molecule has 1 atom stereocenters. The van der Waals surface area contributed by atoms with Crippen molar-refractivity contribution in [1.29, 1.82) is 0 Å². The summed E-state index contributed by atoms with van der Waals surface area (Å²) in [5, 5.41) is 3.21. The maximum atomic E-state index is 13.0. The minimum atomic E-state index is -0.266. The number of nitrogens with one attached hydrogen (secondary N) is 1. The zero-order chi connectivity index (χ0) is 24.6. The standard InChI is InChI=1S/C25H37N7O3/c1-3-7-20-16-22(29-24(28-20)31-15-11-26-18-31)32-12-6-5-8-21(32)17-23(33)27-19-9-13-30(14-10-19)25(34)35-4-2/h11,15-16,18-19,21H,3-10,12-14,17H2,1-2H3,(H,27,33). The Hall–Kier alpha value is -3.17. The number of piperidine rings is 2. The van der Waals surface area contributed by atoms with E-state index in [4.69, 9.17) is 14.7 Å². The van der Waals surface area contributed by atoms with Gasteiger partial charge in [-0.05, 0) is 45.4 Å². The highest BCUT2D eigenvalue weighted by molar-refractivity contribution is 5.77. The molecule has 1 unspecified atom stereocenters. The number of ether oxygens (including phenoxy) is 1. The van der Waals surface area contributed by atoms with Crippen LogP contribution in [-0.2, 0) is 16.0 Å². The van der Waals surface area contributed by atoms with Crippen LogP contribution in [0.4, 0.5) is 10.6 Å². The Kier molecular flexibility index (Phi) is 8.54. The van der Waals surface area contributed by atoms with Gasteiger partial charge < -0.3 is 19.9 Å². The quantitative estimate of drug-likeness (QED) is 0.615. The number of carbonyl (C=O) groups is 2. The first-order valence-electron chi connectivity index (χ1n) is 12.9. The maximum Gasteiger partial charge on any atom is 0.409 e. The van der Waals surface area contributed by atoms with E-state index in [1.807, 2.05) is 17.7 Å². The van der Waals surface area contributed by atoms with Crippen molar-refractivity contribution in [1.82, 2.24) is 29.7 Å². The van der Waals surface area contributed by atoms with E-state index in [9.17, 15) is 9.59 Å². The van der Waals surface area contributed by atoms with E-state index in [-0.39, 0.29) is 24.1 Å². The molecule has 2 saturated heterocycles. The largest absolute Gasteiger partial charge is 0.450 e. The molecule has 0 aromatic carbocycles. The molecule has 0 aliphatic carbocycles. The fourth-order valence-corrected chi connectivity index (χ4v) is 4.93. The van der Waals surface area contributed by atoms with Gasteiger partial charge in [0, 0.05) is 62.3 Å². The number of anilines is 1.